The van der Waals surface area contributed by atoms with Crippen molar-refractivity contribution in [2.45, 2.75) is 51.0 Å². The standard InChI is InChI=1S/C21H30N4O3S/c1-15-11-16(2)20(17(3)12-15)29(27,28)25-9-7-24(8-10-25)13-19(26)23-21(4,14-22)18-5-6-18/h11-12,18H,5-10,13H2,1-4H3,(H,23,26)/t21-/m1/s1. The van der Waals surface area contributed by atoms with Gasteiger partial charge in [-0.25, -0.2) is 8.42 Å². The van der Waals surface area contributed by atoms with Gasteiger partial charge in [-0.3, -0.25) is 9.69 Å². The van der Waals surface area contributed by atoms with E-state index in [9.17, 15) is 18.5 Å². The first-order valence-corrected chi connectivity index (χ1v) is 11.5. The zero-order chi connectivity index (χ0) is 21.4. The van der Waals surface area contributed by atoms with E-state index in [1.54, 1.807) is 6.92 Å². The maximum Gasteiger partial charge on any atom is 0.243 e. The van der Waals surface area contributed by atoms with Crippen LogP contribution in [0.3, 0.4) is 0 Å². The molecule has 1 aromatic carbocycles. The zero-order valence-electron chi connectivity index (χ0n) is 17.7. The van der Waals surface area contributed by atoms with E-state index in [1.165, 1.54) is 4.31 Å². The number of carbonyl (C=O) groups excluding carboxylic acids is 1. The molecule has 2 aliphatic rings. The fourth-order valence-electron chi connectivity index (χ4n) is 4.24. The Bertz CT molecular complexity index is 918. The summed E-state index contributed by atoms with van der Waals surface area (Å²) < 4.78 is 27.8. The van der Waals surface area contributed by atoms with Crippen LogP contribution in [-0.4, -0.2) is 61.8 Å². The van der Waals surface area contributed by atoms with Gasteiger partial charge in [-0.1, -0.05) is 17.7 Å². The number of amides is 1. The molecule has 0 unspecified atom stereocenters. The van der Waals surface area contributed by atoms with Crippen LogP contribution in [0.4, 0.5) is 0 Å². The van der Waals surface area contributed by atoms with Gasteiger partial charge in [0.25, 0.3) is 0 Å². The maximum atomic E-state index is 13.2. The predicted molar refractivity (Wildman–Crippen MR) is 111 cm³/mol. The lowest BCUT2D eigenvalue weighted by Gasteiger charge is -2.34. The van der Waals surface area contributed by atoms with Gasteiger partial charge in [0.15, 0.2) is 0 Å². The number of rotatable bonds is 6. The second-order valence-corrected chi connectivity index (χ2v) is 10.4. The molecule has 1 N–H and O–H groups in total. The van der Waals surface area contributed by atoms with E-state index in [0.29, 0.717) is 31.1 Å². The highest BCUT2D eigenvalue weighted by Gasteiger charge is 2.43. The second-order valence-electron chi connectivity index (χ2n) is 8.54. The van der Waals surface area contributed by atoms with Gasteiger partial charge in [-0.15, -0.1) is 0 Å². The lowest BCUT2D eigenvalue weighted by atomic mass is 9.98. The average Bonchev–Trinajstić information content (AvgIpc) is 3.46. The Labute approximate surface area is 173 Å². The molecule has 158 valence electrons. The van der Waals surface area contributed by atoms with Crippen LogP contribution in [0.2, 0.25) is 0 Å². The molecule has 0 spiro atoms. The molecule has 1 aliphatic carbocycles. The van der Waals surface area contributed by atoms with Crippen molar-refractivity contribution in [3.63, 3.8) is 0 Å². The minimum Gasteiger partial charge on any atom is -0.337 e. The number of hydrogen-bond donors (Lipinski definition) is 1. The fourth-order valence-corrected chi connectivity index (χ4v) is 6.08. The first kappa shape index (κ1) is 21.8. The third-order valence-electron chi connectivity index (χ3n) is 5.93. The molecular weight excluding hydrogens is 388 g/mol. The number of nitriles is 1. The van der Waals surface area contributed by atoms with Crippen LogP contribution in [0.25, 0.3) is 0 Å². The van der Waals surface area contributed by atoms with Crippen molar-refractivity contribution in [2.75, 3.05) is 32.7 Å². The van der Waals surface area contributed by atoms with Crippen molar-refractivity contribution in [2.24, 2.45) is 5.92 Å². The molecule has 2 fully saturated rings. The Hall–Kier alpha value is -1.95. The lowest BCUT2D eigenvalue weighted by molar-refractivity contribution is -0.123. The topological polar surface area (TPSA) is 93.5 Å². The molecule has 1 aliphatic heterocycles. The third-order valence-corrected chi connectivity index (χ3v) is 8.13. The van der Waals surface area contributed by atoms with E-state index < -0.39 is 15.6 Å². The summed E-state index contributed by atoms with van der Waals surface area (Å²) in [5, 5.41) is 12.3. The van der Waals surface area contributed by atoms with Gasteiger partial charge >= 0.3 is 0 Å². The van der Waals surface area contributed by atoms with E-state index in [0.717, 1.165) is 29.5 Å². The molecule has 29 heavy (non-hydrogen) atoms. The number of hydrogen-bond acceptors (Lipinski definition) is 5. The minimum atomic E-state index is -3.56. The van der Waals surface area contributed by atoms with Crippen molar-refractivity contribution in [3.8, 4) is 6.07 Å². The number of aryl methyl sites for hydroxylation is 3. The van der Waals surface area contributed by atoms with Gasteiger partial charge in [0, 0.05) is 26.2 Å². The molecule has 0 bridgehead atoms. The van der Waals surface area contributed by atoms with Crippen LogP contribution >= 0.6 is 0 Å². The Balaban J connectivity index is 1.60. The number of piperazine rings is 1. The predicted octanol–water partition coefficient (Wildman–Crippen LogP) is 1.73. The molecule has 7 nitrogen and oxygen atoms in total. The highest BCUT2D eigenvalue weighted by molar-refractivity contribution is 7.89. The summed E-state index contributed by atoms with van der Waals surface area (Å²) >= 11 is 0. The summed E-state index contributed by atoms with van der Waals surface area (Å²) in [4.78, 5) is 14.7. The van der Waals surface area contributed by atoms with E-state index >= 15 is 0 Å². The summed E-state index contributed by atoms with van der Waals surface area (Å²) in [6.45, 7) is 9.26. The van der Waals surface area contributed by atoms with Crippen molar-refractivity contribution in [1.82, 2.24) is 14.5 Å². The van der Waals surface area contributed by atoms with Crippen LogP contribution < -0.4 is 5.32 Å². The Morgan fingerprint density at radius 1 is 1.17 bits per heavy atom. The summed E-state index contributed by atoms with van der Waals surface area (Å²) in [6, 6.07) is 6.02. The number of carbonyl (C=O) groups is 1. The smallest absolute Gasteiger partial charge is 0.243 e. The molecule has 3 rings (SSSR count). The van der Waals surface area contributed by atoms with Crippen molar-refractivity contribution in [1.29, 1.82) is 5.26 Å². The highest BCUT2D eigenvalue weighted by Crippen LogP contribution is 2.39. The molecule has 0 radical (unpaired) electrons. The minimum absolute atomic E-state index is 0.178. The van der Waals surface area contributed by atoms with E-state index in [2.05, 4.69) is 11.4 Å². The molecule has 1 saturated carbocycles. The van der Waals surface area contributed by atoms with Gasteiger partial charge in [0.2, 0.25) is 15.9 Å². The molecule has 8 heteroatoms. The monoisotopic (exact) mass is 418 g/mol. The summed E-state index contributed by atoms with van der Waals surface area (Å²) in [7, 11) is -3.56. The lowest BCUT2D eigenvalue weighted by Crippen LogP contribution is -2.54. The average molecular weight is 419 g/mol. The van der Waals surface area contributed by atoms with E-state index in [1.807, 2.05) is 37.8 Å². The summed E-state index contributed by atoms with van der Waals surface area (Å²) in [5.41, 5.74) is 1.77. The third kappa shape index (κ3) is 4.63. The van der Waals surface area contributed by atoms with Crippen LogP contribution in [0.5, 0.6) is 0 Å². The normalized spacial score (nSPS) is 20.7. The van der Waals surface area contributed by atoms with Crippen molar-refractivity contribution < 1.29 is 13.2 Å². The molecule has 1 saturated heterocycles. The van der Waals surface area contributed by atoms with Crippen LogP contribution in [0, 0.1) is 38.0 Å². The van der Waals surface area contributed by atoms with Gasteiger partial charge < -0.3 is 5.32 Å². The van der Waals surface area contributed by atoms with E-state index in [4.69, 9.17) is 0 Å². The number of sulfonamides is 1. The van der Waals surface area contributed by atoms with Crippen LogP contribution in [-0.2, 0) is 14.8 Å². The quantitative estimate of drug-likeness (QED) is 0.759. The summed E-state index contributed by atoms with van der Waals surface area (Å²) in [6.07, 6.45) is 1.94. The van der Waals surface area contributed by atoms with Gasteiger partial charge in [0.1, 0.15) is 5.54 Å². The number of nitrogens with zero attached hydrogens (tertiary/aromatic N) is 3. The highest BCUT2D eigenvalue weighted by atomic mass is 32.2. The van der Waals surface area contributed by atoms with Crippen LogP contribution in [0.15, 0.2) is 17.0 Å². The van der Waals surface area contributed by atoms with Gasteiger partial charge in [0.05, 0.1) is 17.5 Å². The maximum absolute atomic E-state index is 13.2. The number of benzene rings is 1. The van der Waals surface area contributed by atoms with Crippen molar-refractivity contribution in [3.05, 3.63) is 28.8 Å². The Kier molecular flexibility index (Phi) is 6.04. The summed E-state index contributed by atoms with van der Waals surface area (Å²) in [5.74, 6) is 0.0573. The van der Waals surface area contributed by atoms with Crippen molar-refractivity contribution >= 4 is 15.9 Å². The second kappa shape index (κ2) is 8.05. The first-order valence-electron chi connectivity index (χ1n) is 10.1. The number of nitrogens with one attached hydrogen (secondary N) is 1. The molecule has 1 heterocycles. The first-order chi connectivity index (χ1) is 13.6. The molecular formula is C21H30N4O3S. The zero-order valence-corrected chi connectivity index (χ0v) is 18.5. The fraction of sp³-hybridized carbons (Fsp3) is 0.619. The largest absolute Gasteiger partial charge is 0.337 e. The molecule has 1 aromatic rings. The van der Waals surface area contributed by atoms with Gasteiger partial charge in [-0.2, -0.15) is 9.57 Å². The Morgan fingerprint density at radius 3 is 2.21 bits per heavy atom. The van der Waals surface area contributed by atoms with E-state index in [-0.39, 0.29) is 18.4 Å². The molecule has 1 amide bonds. The van der Waals surface area contributed by atoms with Crippen LogP contribution in [0.1, 0.15) is 36.5 Å². The molecule has 0 aromatic heterocycles. The Morgan fingerprint density at radius 2 is 1.72 bits per heavy atom. The molecule has 1 atom stereocenters. The van der Waals surface area contributed by atoms with Gasteiger partial charge in [-0.05, 0) is 57.6 Å². The SMILES string of the molecule is Cc1cc(C)c(S(=O)(=O)N2CCN(CC(=O)N[C@](C)(C#N)C3CC3)CC2)c(C)c1.